The summed E-state index contributed by atoms with van der Waals surface area (Å²) >= 11 is 0. The zero-order valence-corrected chi connectivity index (χ0v) is 15.3. The minimum atomic E-state index is -1.19. The third-order valence-electron chi connectivity index (χ3n) is 3.58. The molecule has 0 aliphatic rings. The highest BCUT2D eigenvalue weighted by Crippen LogP contribution is 2.34. The predicted octanol–water partition coefficient (Wildman–Crippen LogP) is 3.65. The molecule has 0 N–H and O–H groups in total. The Balaban J connectivity index is 2.24. The maximum atomic E-state index is 14.0. The van der Waals surface area contributed by atoms with Gasteiger partial charge in [0.25, 0.3) is 0 Å². The first-order valence-electron chi connectivity index (χ1n) is 7.40. The Labute approximate surface area is 141 Å². The molecule has 0 aromatic carbocycles. The molecule has 0 unspecified atom stereocenters. The Bertz CT molecular complexity index is 718. The highest BCUT2D eigenvalue weighted by Gasteiger charge is 2.22. The van der Waals surface area contributed by atoms with Crippen LogP contribution in [0.1, 0.15) is 11.4 Å². The zero-order chi connectivity index (χ0) is 18.1. The van der Waals surface area contributed by atoms with Crippen LogP contribution >= 0.6 is 10.0 Å². The topological polar surface area (TPSA) is 39.9 Å². The van der Waals surface area contributed by atoms with Crippen LogP contribution in [0.4, 0.5) is 13.2 Å². The van der Waals surface area contributed by atoms with Gasteiger partial charge in [0.1, 0.15) is 12.5 Å². The molecule has 0 atom stereocenters. The molecule has 2 heterocycles. The molecule has 0 bridgehead atoms. The molecular weight excluding hydrogens is 339 g/mol. The standard InChI is InChI=1S/C16H22F3N3OS/c1-10-14(15-12(17)8-13(18)20-16(15)19)11(2)22(21-10)9-23-6-7-24(3,4)5/h8H,6-7,9H2,1-5H3. The molecule has 4 nitrogen and oxygen atoms in total. The summed E-state index contributed by atoms with van der Waals surface area (Å²) in [4.78, 5) is 3.07. The Morgan fingerprint density at radius 2 is 1.79 bits per heavy atom. The first kappa shape index (κ1) is 18.8. The lowest BCUT2D eigenvalue weighted by Crippen LogP contribution is -2.11. The maximum Gasteiger partial charge on any atom is 0.226 e. The number of aromatic nitrogens is 3. The summed E-state index contributed by atoms with van der Waals surface area (Å²) in [7, 11) is -0.648. The summed E-state index contributed by atoms with van der Waals surface area (Å²) in [6.45, 7) is 4.11. The molecule has 2 rings (SSSR count). The van der Waals surface area contributed by atoms with E-state index in [1.54, 1.807) is 18.5 Å². The van der Waals surface area contributed by atoms with Crippen molar-refractivity contribution in [3.05, 3.63) is 35.2 Å². The normalized spacial score (nSPS) is 12.7. The lowest BCUT2D eigenvalue weighted by molar-refractivity contribution is 0.0793. The molecule has 0 fully saturated rings. The Morgan fingerprint density at radius 1 is 1.12 bits per heavy atom. The third-order valence-corrected chi connectivity index (χ3v) is 4.97. The van der Waals surface area contributed by atoms with Crippen LogP contribution in [0.15, 0.2) is 6.07 Å². The summed E-state index contributed by atoms with van der Waals surface area (Å²) in [6, 6.07) is 0.567. The van der Waals surface area contributed by atoms with E-state index in [0.717, 1.165) is 5.75 Å². The van der Waals surface area contributed by atoms with Gasteiger partial charge >= 0.3 is 0 Å². The summed E-state index contributed by atoms with van der Waals surface area (Å²) in [6.07, 6.45) is 6.60. The monoisotopic (exact) mass is 361 g/mol. The quantitative estimate of drug-likeness (QED) is 0.582. The highest BCUT2D eigenvalue weighted by molar-refractivity contribution is 8.32. The highest BCUT2D eigenvalue weighted by atomic mass is 32.3. The van der Waals surface area contributed by atoms with E-state index in [9.17, 15) is 13.2 Å². The van der Waals surface area contributed by atoms with Crippen molar-refractivity contribution < 1.29 is 17.9 Å². The molecule has 0 radical (unpaired) electrons. The van der Waals surface area contributed by atoms with Crippen LogP contribution in [0.25, 0.3) is 11.1 Å². The number of aryl methyl sites for hydroxylation is 1. The van der Waals surface area contributed by atoms with Crippen molar-refractivity contribution in [2.75, 3.05) is 31.1 Å². The second-order valence-electron chi connectivity index (χ2n) is 6.47. The van der Waals surface area contributed by atoms with E-state index in [1.807, 2.05) is 0 Å². The summed E-state index contributed by atoms with van der Waals surface area (Å²) in [5.74, 6) is -2.41. The van der Waals surface area contributed by atoms with E-state index in [0.29, 0.717) is 24.1 Å². The molecule has 134 valence electrons. The molecule has 24 heavy (non-hydrogen) atoms. The predicted molar refractivity (Wildman–Crippen MR) is 91.0 cm³/mol. The molecule has 8 heteroatoms. The van der Waals surface area contributed by atoms with E-state index in [-0.39, 0.29) is 17.9 Å². The third kappa shape index (κ3) is 4.30. The van der Waals surface area contributed by atoms with Crippen molar-refractivity contribution in [1.82, 2.24) is 14.8 Å². The summed E-state index contributed by atoms with van der Waals surface area (Å²) in [5, 5.41) is 4.27. The summed E-state index contributed by atoms with van der Waals surface area (Å²) in [5.41, 5.74) is 0.893. The van der Waals surface area contributed by atoms with Gasteiger partial charge in [-0.1, -0.05) is 0 Å². The largest absolute Gasteiger partial charge is 0.358 e. The molecule has 2 aromatic heterocycles. The number of ether oxygens (including phenoxy) is 1. The minimum absolute atomic E-state index is 0.194. The Hall–Kier alpha value is -1.54. The van der Waals surface area contributed by atoms with Gasteiger partial charge in [0.15, 0.2) is 0 Å². The van der Waals surface area contributed by atoms with Crippen LogP contribution in [0.2, 0.25) is 0 Å². The second-order valence-corrected chi connectivity index (χ2v) is 11.1. The van der Waals surface area contributed by atoms with E-state index >= 15 is 0 Å². The average Bonchev–Trinajstić information content (AvgIpc) is 2.69. The first-order chi connectivity index (χ1) is 11.1. The molecule has 0 saturated carbocycles. The Morgan fingerprint density at radius 3 is 2.38 bits per heavy atom. The fourth-order valence-electron chi connectivity index (χ4n) is 2.32. The molecule has 2 aromatic rings. The van der Waals surface area contributed by atoms with Crippen LogP contribution in [0.5, 0.6) is 0 Å². The molecule has 0 amide bonds. The van der Waals surface area contributed by atoms with Crippen molar-refractivity contribution in [2.24, 2.45) is 0 Å². The number of halogens is 3. The Kier molecular flexibility index (Phi) is 5.59. The lowest BCUT2D eigenvalue weighted by Gasteiger charge is -2.24. The number of rotatable bonds is 6. The van der Waals surface area contributed by atoms with Gasteiger partial charge in [-0.15, -0.1) is 0 Å². The van der Waals surface area contributed by atoms with Gasteiger partial charge in [0.2, 0.25) is 11.9 Å². The maximum absolute atomic E-state index is 14.0. The fraction of sp³-hybridized carbons (Fsp3) is 0.500. The van der Waals surface area contributed by atoms with E-state index in [1.165, 1.54) is 0 Å². The van der Waals surface area contributed by atoms with Crippen molar-refractivity contribution in [1.29, 1.82) is 0 Å². The number of nitrogens with zero attached hydrogens (tertiary/aromatic N) is 3. The zero-order valence-electron chi connectivity index (χ0n) is 14.5. The number of pyridine rings is 1. The van der Waals surface area contributed by atoms with Gasteiger partial charge in [-0.25, -0.2) is 19.1 Å². The smallest absolute Gasteiger partial charge is 0.226 e. The number of hydrogen-bond acceptors (Lipinski definition) is 3. The van der Waals surface area contributed by atoms with Crippen LogP contribution in [-0.4, -0.2) is 45.9 Å². The molecule has 0 aliphatic carbocycles. The second kappa shape index (κ2) is 7.14. The van der Waals surface area contributed by atoms with Gasteiger partial charge in [-0.3, -0.25) is 0 Å². The molecule has 0 aliphatic heterocycles. The molecule has 0 saturated heterocycles. The first-order valence-corrected chi connectivity index (χ1v) is 10.4. The van der Waals surface area contributed by atoms with Gasteiger partial charge < -0.3 is 4.74 Å². The van der Waals surface area contributed by atoms with Gasteiger partial charge in [0, 0.05) is 23.1 Å². The van der Waals surface area contributed by atoms with Gasteiger partial charge in [0.05, 0.1) is 17.9 Å². The van der Waals surface area contributed by atoms with Crippen molar-refractivity contribution >= 4 is 10.0 Å². The van der Waals surface area contributed by atoms with E-state index in [2.05, 4.69) is 28.8 Å². The summed E-state index contributed by atoms with van der Waals surface area (Å²) < 4.78 is 48.1. The SMILES string of the molecule is Cc1nn(COCCS(C)(C)C)c(C)c1-c1c(F)cc(F)nc1F. The van der Waals surface area contributed by atoms with E-state index < -0.39 is 27.7 Å². The lowest BCUT2D eigenvalue weighted by atomic mass is 10.1. The average molecular weight is 361 g/mol. The van der Waals surface area contributed by atoms with E-state index in [4.69, 9.17) is 4.74 Å². The van der Waals surface area contributed by atoms with Gasteiger partial charge in [-0.05, 0) is 32.6 Å². The van der Waals surface area contributed by atoms with Crippen LogP contribution in [0.3, 0.4) is 0 Å². The van der Waals surface area contributed by atoms with Gasteiger partial charge in [-0.2, -0.15) is 18.9 Å². The fourth-order valence-corrected chi connectivity index (χ4v) is 2.94. The molecular formula is C16H22F3N3OS. The van der Waals surface area contributed by atoms with Crippen LogP contribution < -0.4 is 0 Å². The van der Waals surface area contributed by atoms with Crippen molar-refractivity contribution in [3.63, 3.8) is 0 Å². The molecule has 0 spiro atoms. The van der Waals surface area contributed by atoms with Crippen molar-refractivity contribution in [3.8, 4) is 11.1 Å². The van der Waals surface area contributed by atoms with Crippen LogP contribution in [0, 0.1) is 31.6 Å². The number of hydrogen-bond donors (Lipinski definition) is 0. The van der Waals surface area contributed by atoms with Crippen LogP contribution in [-0.2, 0) is 11.5 Å². The van der Waals surface area contributed by atoms with Crippen molar-refractivity contribution in [2.45, 2.75) is 20.6 Å². The minimum Gasteiger partial charge on any atom is -0.358 e.